The van der Waals surface area contributed by atoms with Crippen molar-refractivity contribution in [3.05, 3.63) is 71.1 Å². The van der Waals surface area contributed by atoms with Crippen molar-refractivity contribution in [2.24, 2.45) is 0 Å². The maximum Gasteiger partial charge on any atom is 0.387 e. The molecule has 1 unspecified atom stereocenters. The van der Waals surface area contributed by atoms with Crippen molar-refractivity contribution in [3.8, 4) is 11.4 Å². The molecule has 0 aliphatic carbocycles. The van der Waals surface area contributed by atoms with Gasteiger partial charge < -0.3 is 19.7 Å². The molecule has 0 spiro atoms. The van der Waals surface area contributed by atoms with Crippen molar-refractivity contribution in [2.75, 3.05) is 11.6 Å². The second kappa shape index (κ2) is 10.1. The average Bonchev–Trinajstić information content (AvgIpc) is 3.02. The summed E-state index contributed by atoms with van der Waals surface area (Å²) in [5, 5.41) is 12.4. The topological polar surface area (TPSA) is 97.6 Å². The fourth-order valence-corrected chi connectivity index (χ4v) is 4.36. The molecule has 0 aliphatic heterocycles. The number of nitrogens with zero attached hydrogens (tertiary/aromatic N) is 1. The minimum absolute atomic E-state index is 0.0112. The molecule has 7 nitrogen and oxygen atoms in total. The Kier molecular flexibility index (Phi) is 7.56. The predicted octanol–water partition coefficient (Wildman–Crippen LogP) is 4.24. The van der Waals surface area contributed by atoms with Gasteiger partial charge in [-0.05, 0) is 50.2 Å². The van der Waals surface area contributed by atoms with Crippen LogP contribution >= 0.6 is 0 Å². The van der Waals surface area contributed by atoms with E-state index in [9.17, 15) is 35.9 Å². The number of amides is 1. The minimum atomic E-state index is -3.80. The van der Waals surface area contributed by atoms with Crippen LogP contribution in [0.3, 0.4) is 0 Å². The van der Waals surface area contributed by atoms with Crippen LogP contribution in [0.4, 0.5) is 23.2 Å². The molecule has 12 heteroatoms. The summed E-state index contributed by atoms with van der Waals surface area (Å²) >= 11 is 0. The lowest BCUT2D eigenvalue weighted by Gasteiger charge is -2.17. The van der Waals surface area contributed by atoms with Crippen LogP contribution in [0.15, 0.2) is 47.4 Å². The average molecular weight is 514 g/mol. The van der Waals surface area contributed by atoms with Crippen LogP contribution in [0, 0.1) is 18.6 Å². The van der Waals surface area contributed by atoms with Crippen molar-refractivity contribution in [3.63, 3.8) is 0 Å². The number of alkyl halides is 2. The summed E-state index contributed by atoms with van der Waals surface area (Å²) in [5.41, 5.74) is 0.639. The van der Waals surface area contributed by atoms with Crippen molar-refractivity contribution in [2.45, 2.75) is 37.9 Å². The van der Waals surface area contributed by atoms with Crippen molar-refractivity contribution < 1.29 is 40.6 Å². The number of hydrogen-bond donors (Lipinski definition) is 2. The first-order valence-electron chi connectivity index (χ1n) is 10.2. The Morgan fingerprint density at radius 1 is 1.14 bits per heavy atom. The van der Waals surface area contributed by atoms with Gasteiger partial charge in [0.05, 0.1) is 17.4 Å². The van der Waals surface area contributed by atoms with E-state index in [2.05, 4.69) is 10.1 Å². The first-order chi connectivity index (χ1) is 16.3. The Bertz CT molecular complexity index is 1370. The molecule has 0 radical (unpaired) electrons. The third kappa shape index (κ3) is 6.01. The smallest absolute Gasteiger partial charge is 0.387 e. The molecule has 0 saturated carbocycles. The molecule has 1 amide bonds. The number of aliphatic hydroxyl groups is 1. The number of sulfone groups is 1. The molecule has 0 bridgehead atoms. The van der Waals surface area contributed by atoms with Crippen LogP contribution in [0.25, 0.3) is 5.69 Å². The van der Waals surface area contributed by atoms with Gasteiger partial charge in [-0.3, -0.25) is 4.79 Å². The van der Waals surface area contributed by atoms with Crippen LogP contribution in [-0.2, 0) is 16.3 Å². The lowest BCUT2D eigenvalue weighted by atomic mass is 10.2. The Balaban J connectivity index is 2.06. The summed E-state index contributed by atoms with van der Waals surface area (Å²) < 4.78 is 82.9. The van der Waals surface area contributed by atoms with Gasteiger partial charge in [0.15, 0.2) is 15.6 Å². The van der Waals surface area contributed by atoms with E-state index in [4.69, 9.17) is 0 Å². The fraction of sp³-hybridized carbons (Fsp3) is 0.261. The number of aliphatic hydroxyl groups excluding tert-OH is 1. The van der Waals surface area contributed by atoms with E-state index in [0.29, 0.717) is 5.69 Å². The third-order valence-corrected chi connectivity index (χ3v) is 6.17. The standard InChI is InChI=1S/C23H22F4N2O5S/c1-12(30)8-16-11-17(22(31)28-15-5-7-21(18(25)10-15)35(3,32)33)13(2)29(16)19-6-4-14(24)9-20(19)34-23(26)27/h4-7,9-12,23,30H,8H2,1-3H3,(H,28,31). The van der Waals surface area contributed by atoms with Crippen LogP contribution < -0.4 is 10.1 Å². The molecule has 1 aromatic heterocycles. The molecule has 1 heterocycles. The number of carbonyl (C=O) groups excluding carboxylic acids is 1. The fourth-order valence-electron chi connectivity index (χ4n) is 3.63. The maximum atomic E-state index is 14.2. The molecular weight excluding hydrogens is 492 g/mol. The van der Waals surface area contributed by atoms with Gasteiger partial charge >= 0.3 is 6.61 Å². The molecule has 35 heavy (non-hydrogen) atoms. The Hall–Kier alpha value is -3.38. The molecular formula is C23H22F4N2O5S. The van der Waals surface area contributed by atoms with Crippen molar-refractivity contribution in [1.29, 1.82) is 0 Å². The number of carbonyl (C=O) groups is 1. The normalized spacial score (nSPS) is 12.6. The quantitative estimate of drug-likeness (QED) is 0.438. The molecule has 0 fully saturated rings. The van der Waals surface area contributed by atoms with Gasteiger partial charge in [-0.25, -0.2) is 17.2 Å². The zero-order valence-electron chi connectivity index (χ0n) is 18.9. The van der Waals surface area contributed by atoms with Crippen molar-refractivity contribution in [1.82, 2.24) is 4.57 Å². The number of benzene rings is 2. The van der Waals surface area contributed by atoms with E-state index < -0.39 is 50.7 Å². The van der Waals surface area contributed by atoms with Gasteiger partial charge in [-0.1, -0.05) is 0 Å². The number of rotatable bonds is 8. The van der Waals surface area contributed by atoms with E-state index >= 15 is 0 Å². The number of halogens is 4. The Morgan fingerprint density at radius 2 is 1.83 bits per heavy atom. The van der Waals surface area contributed by atoms with Crippen LogP contribution in [-0.4, -0.2) is 43.0 Å². The highest BCUT2D eigenvalue weighted by Crippen LogP contribution is 2.31. The lowest BCUT2D eigenvalue weighted by molar-refractivity contribution is -0.0500. The third-order valence-electron chi connectivity index (χ3n) is 5.04. The molecule has 0 aliphatic rings. The summed E-state index contributed by atoms with van der Waals surface area (Å²) in [6, 6.07) is 7.51. The second-order valence-electron chi connectivity index (χ2n) is 7.89. The molecule has 188 valence electrons. The molecule has 0 saturated heterocycles. The predicted molar refractivity (Wildman–Crippen MR) is 120 cm³/mol. The van der Waals surface area contributed by atoms with E-state index in [-0.39, 0.29) is 29.1 Å². The zero-order chi connectivity index (χ0) is 26.1. The van der Waals surface area contributed by atoms with Gasteiger partial charge in [0.25, 0.3) is 5.91 Å². The van der Waals surface area contributed by atoms with E-state index in [1.165, 1.54) is 36.6 Å². The highest BCUT2D eigenvalue weighted by atomic mass is 32.2. The van der Waals surface area contributed by atoms with Crippen LogP contribution in [0.2, 0.25) is 0 Å². The monoisotopic (exact) mass is 514 g/mol. The highest BCUT2D eigenvalue weighted by molar-refractivity contribution is 7.90. The van der Waals surface area contributed by atoms with Gasteiger partial charge in [0.1, 0.15) is 16.5 Å². The largest absolute Gasteiger partial charge is 0.432 e. The number of nitrogens with one attached hydrogen (secondary N) is 1. The van der Waals surface area contributed by atoms with Gasteiger partial charge in [0, 0.05) is 35.8 Å². The summed E-state index contributed by atoms with van der Waals surface area (Å²) in [6.45, 7) is -0.248. The minimum Gasteiger partial charge on any atom is -0.432 e. The van der Waals surface area contributed by atoms with E-state index in [1.54, 1.807) is 0 Å². The number of hydrogen-bond acceptors (Lipinski definition) is 5. The van der Waals surface area contributed by atoms with Gasteiger partial charge in [-0.15, -0.1) is 0 Å². The number of anilines is 1. The molecule has 2 N–H and O–H groups in total. The summed E-state index contributed by atoms with van der Waals surface area (Å²) in [4.78, 5) is 12.5. The maximum absolute atomic E-state index is 14.2. The Labute approximate surface area is 198 Å². The molecule has 1 atom stereocenters. The zero-order valence-corrected chi connectivity index (χ0v) is 19.7. The van der Waals surface area contributed by atoms with E-state index in [0.717, 1.165) is 30.5 Å². The second-order valence-corrected chi connectivity index (χ2v) is 9.87. The first kappa shape index (κ1) is 26.2. The Morgan fingerprint density at radius 3 is 2.40 bits per heavy atom. The van der Waals surface area contributed by atoms with Crippen LogP contribution in [0.1, 0.15) is 28.7 Å². The van der Waals surface area contributed by atoms with Crippen molar-refractivity contribution >= 4 is 21.4 Å². The van der Waals surface area contributed by atoms with E-state index in [1.807, 2.05) is 0 Å². The van der Waals surface area contributed by atoms with Gasteiger partial charge in [0.2, 0.25) is 0 Å². The molecule has 2 aromatic carbocycles. The van der Waals surface area contributed by atoms with Crippen LogP contribution in [0.5, 0.6) is 5.75 Å². The molecule has 3 aromatic rings. The van der Waals surface area contributed by atoms with Gasteiger partial charge in [-0.2, -0.15) is 8.78 Å². The summed E-state index contributed by atoms with van der Waals surface area (Å²) in [5.74, 6) is -3.05. The number of aromatic nitrogens is 1. The molecule has 3 rings (SSSR count). The first-order valence-corrected chi connectivity index (χ1v) is 12.1. The SMILES string of the molecule is Cc1c(C(=O)Nc2ccc(S(C)(=O)=O)c(F)c2)cc(CC(C)O)n1-c1ccc(F)cc1OC(F)F. The number of ether oxygens (including phenoxy) is 1. The highest BCUT2D eigenvalue weighted by Gasteiger charge is 2.23. The lowest BCUT2D eigenvalue weighted by Crippen LogP contribution is -2.14. The summed E-state index contributed by atoms with van der Waals surface area (Å²) in [7, 11) is -3.80. The summed E-state index contributed by atoms with van der Waals surface area (Å²) in [6.07, 6.45) is -0.0189.